The lowest BCUT2D eigenvalue weighted by molar-refractivity contribution is 0.0650. The van der Waals surface area contributed by atoms with Crippen molar-refractivity contribution in [3.8, 4) is 0 Å². The Kier molecular flexibility index (Phi) is 8.07. The molecule has 0 amide bonds. The minimum Gasteiger partial charge on any atom is -0.394 e. The molecular formula is C8H18O5S. The van der Waals surface area contributed by atoms with Crippen LogP contribution in [0.3, 0.4) is 0 Å². The summed E-state index contributed by atoms with van der Waals surface area (Å²) >= 11 is 0. The van der Waals surface area contributed by atoms with Crippen LogP contribution >= 0.6 is 0 Å². The maximum absolute atomic E-state index is 10.4. The summed E-state index contributed by atoms with van der Waals surface area (Å²) in [6.45, 7) is 0.696. The van der Waals surface area contributed by atoms with Gasteiger partial charge in [-0.1, -0.05) is 0 Å². The average Bonchev–Trinajstić information content (AvgIpc) is 2.52. The van der Waals surface area contributed by atoms with Crippen molar-refractivity contribution < 1.29 is 23.4 Å². The van der Waals surface area contributed by atoms with Crippen LogP contribution in [0.25, 0.3) is 0 Å². The zero-order valence-electron chi connectivity index (χ0n) is 8.18. The summed E-state index contributed by atoms with van der Waals surface area (Å²) in [5.41, 5.74) is 0. The van der Waals surface area contributed by atoms with Crippen LogP contribution in [0.1, 0.15) is 12.8 Å². The first-order chi connectivity index (χ1) is 6.62. The molecule has 0 bridgehead atoms. The van der Waals surface area contributed by atoms with Crippen molar-refractivity contribution in [3.63, 3.8) is 0 Å². The zero-order chi connectivity index (χ0) is 10.9. The number of hydrogen-bond donors (Lipinski definition) is 2. The lowest BCUT2D eigenvalue weighted by atomic mass is 10.4. The average molecular weight is 226 g/mol. The van der Waals surface area contributed by atoms with Crippen molar-refractivity contribution in [1.82, 2.24) is 0 Å². The Morgan fingerprint density at radius 2 is 1.43 bits per heavy atom. The third-order valence-electron chi connectivity index (χ3n) is 1.63. The lowest BCUT2D eigenvalue weighted by Crippen LogP contribution is -2.03. The van der Waals surface area contributed by atoms with Crippen molar-refractivity contribution in [3.05, 3.63) is 0 Å². The monoisotopic (exact) mass is 226 g/mol. The van der Waals surface area contributed by atoms with E-state index in [9.17, 15) is 8.42 Å². The van der Waals surface area contributed by atoms with E-state index in [0.29, 0.717) is 24.7 Å². The normalized spacial score (nSPS) is 18.7. The molecule has 0 aliphatic carbocycles. The van der Waals surface area contributed by atoms with E-state index < -0.39 is 9.84 Å². The Morgan fingerprint density at radius 3 is 1.64 bits per heavy atom. The molecule has 14 heavy (non-hydrogen) atoms. The molecule has 0 aromatic carbocycles. The number of aliphatic hydroxyl groups excluding tert-OH is 2. The summed E-state index contributed by atoms with van der Waals surface area (Å²) < 4.78 is 25.5. The highest BCUT2D eigenvalue weighted by molar-refractivity contribution is 7.91. The van der Waals surface area contributed by atoms with Gasteiger partial charge in [-0.3, -0.25) is 0 Å². The van der Waals surface area contributed by atoms with Crippen LogP contribution in [-0.2, 0) is 14.6 Å². The third-order valence-corrected chi connectivity index (χ3v) is 3.45. The Balaban J connectivity index is 0.000000241. The predicted molar refractivity (Wildman–Crippen MR) is 52.9 cm³/mol. The second-order valence-corrected chi connectivity index (χ2v) is 5.22. The van der Waals surface area contributed by atoms with Crippen LogP contribution in [0.2, 0.25) is 0 Å². The summed E-state index contributed by atoms with van der Waals surface area (Å²) in [5.74, 6) is 0.847. The van der Waals surface area contributed by atoms with Crippen LogP contribution in [0, 0.1) is 0 Å². The number of ether oxygens (including phenoxy) is 1. The van der Waals surface area contributed by atoms with Crippen LogP contribution in [0.5, 0.6) is 0 Å². The molecular weight excluding hydrogens is 208 g/mol. The Morgan fingerprint density at radius 1 is 1.00 bits per heavy atom. The highest BCUT2D eigenvalue weighted by atomic mass is 32.2. The molecule has 0 unspecified atom stereocenters. The summed E-state index contributed by atoms with van der Waals surface area (Å²) in [6.07, 6.45) is 1.75. The first-order valence-electron chi connectivity index (χ1n) is 4.62. The Labute approximate surface area is 84.6 Å². The van der Waals surface area contributed by atoms with Crippen LogP contribution < -0.4 is 0 Å². The molecule has 0 saturated carbocycles. The molecule has 0 aromatic rings. The number of rotatable bonds is 4. The summed E-state index contributed by atoms with van der Waals surface area (Å²) in [7, 11) is -2.55. The van der Waals surface area contributed by atoms with Gasteiger partial charge >= 0.3 is 0 Å². The maximum Gasteiger partial charge on any atom is 0.150 e. The summed E-state index contributed by atoms with van der Waals surface area (Å²) in [5, 5.41) is 16.2. The predicted octanol–water partition coefficient (Wildman–Crippen LogP) is -0.817. The van der Waals surface area contributed by atoms with Gasteiger partial charge in [0.05, 0.1) is 37.9 Å². The number of hydrogen-bond acceptors (Lipinski definition) is 5. The van der Waals surface area contributed by atoms with Gasteiger partial charge in [-0.15, -0.1) is 0 Å². The number of sulfone groups is 1. The van der Waals surface area contributed by atoms with Crippen LogP contribution in [0.4, 0.5) is 0 Å². The van der Waals surface area contributed by atoms with Gasteiger partial charge in [-0.25, -0.2) is 8.42 Å². The summed E-state index contributed by atoms with van der Waals surface area (Å²) in [4.78, 5) is 0. The van der Waals surface area contributed by atoms with Crippen molar-refractivity contribution in [2.45, 2.75) is 12.8 Å². The van der Waals surface area contributed by atoms with Crippen molar-refractivity contribution >= 4 is 9.84 Å². The fourth-order valence-corrected chi connectivity index (χ4v) is 2.47. The Bertz CT molecular complexity index is 196. The first kappa shape index (κ1) is 13.8. The highest BCUT2D eigenvalue weighted by Crippen LogP contribution is 2.08. The molecule has 1 heterocycles. The highest BCUT2D eigenvalue weighted by Gasteiger charge is 2.16. The fraction of sp³-hybridized carbons (Fsp3) is 1.00. The third kappa shape index (κ3) is 8.43. The standard InChI is InChI=1S/C4H10O3.C4H8O2S/c5-1-3-7-4-2-6;5-7(6)3-1-2-4-7/h5-6H,1-4H2;1-4H2. The molecule has 1 fully saturated rings. The van der Waals surface area contributed by atoms with Crippen LogP contribution in [0.15, 0.2) is 0 Å². The molecule has 86 valence electrons. The van der Waals surface area contributed by atoms with E-state index in [0.717, 1.165) is 12.8 Å². The van der Waals surface area contributed by atoms with E-state index >= 15 is 0 Å². The van der Waals surface area contributed by atoms with Gasteiger partial charge in [0.25, 0.3) is 0 Å². The Hall–Kier alpha value is -0.170. The van der Waals surface area contributed by atoms with Gasteiger partial charge in [0, 0.05) is 0 Å². The quantitative estimate of drug-likeness (QED) is 0.612. The molecule has 0 radical (unpaired) electrons. The van der Waals surface area contributed by atoms with E-state index in [4.69, 9.17) is 10.2 Å². The van der Waals surface area contributed by atoms with Crippen molar-refractivity contribution in [2.75, 3.05) is 37.9 Å². The van der Waals surface area contributed by atoms with E-state index in [1.165, 1.54) is 0 Å². The minimum absolute atomic E-state index is 0.0278. The van der Waals surface area contributed by atoms with Gasteiger partial charge in [0.15, 0.2) is 0 Å². The number of aliphatic hydroxyl groups is 2. The van der Waals surface area contributed by atoms with E-state index in [2.05, 4.69) is 4.74 Å². The molecule has 1 saturated heterocycles. The second-order valence-electron chi connectivity index (χ2n) is 2.92. The molecule has 2 N–H and O–H groups in total. The second kappa shape index (κ2) is 8.16. The molecule has 0 atom stereocenters. The maximum atomic E-state index is 10.4. The van der Waals surface area contributed by atoms with E-state index in [1.807, 2.05) is 0 Å². The van der Waals surface area contributed by atoms with E-state index in [1.54, 1.807) is 0 Å². The zero-order valence-corrected chi connectivity index (χ0v) is 9.00. The fourth-order valence-electron chi connectivity index (χ4n) is 0.977. The topological polar surface area (TPSA) is 83.8 Å². The summed E-state index contributed by atoms with van der Waals surface area (Å²) in [6, 6.07) is 0. The van der Waals surface area contributed by atoms with Gasteiger partial charge in [-0.05, 0) is 12.8 Å². The molecule has 1 rings (SSSR count). The minimum atomic E-state index is -2.55. The molecule has 5 nitrogen and oxygen atoms in total. The van der Waals surface area contributed by atoms with E-state index in [-0.39, 0.29) is 13.2 Å². The van der Waals surface area contributed by atoms with Gasteiger partial charge in [-0.2, -0.15) is 0 Å². The van der Waals surface area contributed by atoms with Crippen LogP contribution in [-0.4, -0.2) is 56.6 Å². The molecule has 0 spiro atoms. The van der Waals surface area contributed by atoms with Gasteiger partial charge in [0.2, 0.25) is 0 Å². The SMILES string of the molecule is O=S1(=O)CCCC1.OCCOCCO. The first-order valence-corrected chi connectivity index (χ1v) is 6.44. The van der Waals surface area contributed by atoms with Gasteiger partial charge < -0.3 is 14.9 Å². The lowest BCUT2D eigenvalue weighted by Gasteiger charge is -1.94. The van der Waals surface area contributed by atoms with Gasteiger partial charge in [0.1, 0.15) is 9.84 Å². The van der Waals surface area contributed by atoms with Crippen molar-refractivity contribution in [1.29, 1.82) is 0 Å². The molecule has 1 aliphatic heterocycles. The molecule has 0 aromatic heterocycles. The molecule has 1 aliphatic rings. The largest absolute Gasteiger partial charge is 0.394 e. The smallest absolute Gasteiger partial charge is 0.150 e. The van der Waals surface area contributed by atoms with Crippen molar-refractivity contribution in [2.24, 2.45) is 0 Å². The molecule has 6 heteroatoms.